The van der Waals surface area contributed by atoms with Gasteiger partial charge in [-0.2, -0.15) is 9.57 Å². The Balaban J connectivity index is 2.43. The fourth-order valence-electron chi connectivity index (χ4n) is 2.77. The van der Waals surface area contributed by atoms with E-state index in [2.05, 4.69) is 5.32 Å². The smallest absolute Gasteiger partial charge is 0.255 e. The Morgan fingerprint density at radius 1 is 1.07 bits per heavy atom. The molecule has 7 nitrogen and oxygen atoms in total. The number of hydrogen-bond donors (Lipinski definition) is 1. The first-order chi connectivity index (χ1) is 13.2. The molecule has 0 atom stereocenters. The zero-order chi connectivity index (χ0) is 20.9. The second-order valence-electron chi connectivity index (χ2n) is 6.31. The second kappa shape index (κ2) is 8.87. The van der Waals surface area contributed by atoms with Crippen LogP contribution in [0.4, 0.5) is 11.4 Å². The molecule has 2 aromatic carbocycles. The Kier molecular flexibility index (Phi) is 6.78. The summed E-state index contributed by atoms with van der Waals surface area (Å²) in [5.74, 6) is -0.384. The molecule has 0 heterocycles. The van der Waals surface area contributed by atoms with Crippen LogP contribution in [0.1, 0.15) is 29.8 Å². The van der Waals surface area contributed by atoms with Crippen molar-refractivity contribution >= 4 is 27.3 Å². The molecule has 8 heteroatoms. The standard InChI is InChI=1S/C20H24N4O3S/c1-5-24(6-2)28(26,27)17-11-12-19(23(3)4)18(13-17)22-20(25)16-9-7-15(14-21)8-10-16/h7-13H,5-6H2,1-4H3,(H,22,25). The molecule has 0 radical (unpaired) electrons. The molecule has 0 unspecified atom stereocenters. The normalized spacial score (nSPS) is 11.1. The van der Waals surface area contributed by atoms with Gasteiger partial charge in [0, 0.05) is 32.7 Å². The molecule has 0 aliphatic carbocycles. The predicted molar refractivity (Wildman–Crippen MR) is 110 cm³/mol. The van der Waals surface area contributed by atoms with E-state index in [-0.39, 0.29) is 10.8 Å². The number of nitriles is 1. The number of nitrogens with zero attached hydrogens (tertiary/aromatic N) is 3. The lowest BCUT2D eigenvalue weighted by Crippen LogP contribution is -2.30. The van der Waals surface area contributed by atoms with Crippen LogP contribution < -0.4 is 10.2 Å². The summed E-state index contributed by atoms with van der Waals surface area (Å²) in [6.45, 7) is 4.29. The highest BCUT2D eigenvalue weighted by molar-refractivity contribution is 7.89. The number of benzene rings is 2. The van der Waals surface area contributed by atoms with Crippen molar-refractivity contribution in [1.29, 1.82) is 5.26 Å². The van der Waals surface area contributed by atoms with Crippen LogP contribution in [0, 0.1) is 11.3 Å². The van der Waals surface area contributed by atoms with Gasteiger partial charge in [0.05, 0.1) is 27.9 Å². The Hall–Kier alpha value is -2.89. The predicted octanol–water partition coefficient (Wildman–Crippen LogP) is 2.91. The van der Waals surface area contributed by atoms with Gasteiger partial charge in [0.25, 0.3) is 5.91 Å². The quantitative estimate of drug-likeness (QED) is 0.771. The van der Waals surface area contributed by atoms with E-state index in [1.165, 1.54) is 10.4 Å². The molecule has 0 spiro atoms. The number of nitrogens with one attached hydrogen (secondary N) is 1. The Morgan fingerprint density at radius 2 is 1.68 bits per heavy atom. The van der Waals surface area contributed by atoms with Crippen molar-refractivity contribution in [3.8, 4) is 6.07 Å². The molecule has 0 aliphatic heterocycles. The van der Waals surface area contributed by atoms with E-state index in [0.29, 0.717) is 35.6 Å². The van der Waals surface area contributed by atoms with Crippen molar-refractivity contribution in [2.24, 2.45) is 0 Å². The van der Waals surface area contributed by atoms with Crippen molar-refractivity contribution in [2.75, 3.05) is 37.4 Å². The highest BCUT2D eigenvalue weighted by atomic mass is 32.2. The number of hydrogen-bond acceptors (Lipinski definition) is 5. The first-order valence-electron chi connectivity index (χ1n) is 8.87. The van der Waals surface area contributed by atoms with Crippen molar-refractivity contribution < 1.29 is 13.2 Å². The SMILES string of the molecule is CCN(CC)S(=O)(=O)c1ccc(N(C)C)c(NC(=O)c2ccc(C#N)cc2)c1. The summed E-state index contributed by atoms with van der Waals surface area (Å²) >= 11 is 0. The number of sulfonamides is 1. The van der Waals surface area contributed by atoms with E-state index in [9.17, 15) is 13.2 Å². The fourth-order valence-corrected chi connectivity index (χ4v) is 4.25. The molecule has 2 rings (SSSR count). The average Bonchev–Trinajstić information content (AvgIpc) is 2.68. The summed E-state index contributed by atoms with van der Waals surface area (Å²) in [5, 5.41) is 11.7. The van der Waals surface area contributed by atoms with Gasteiger partial charge in [0.2, 0.25) is 10.0 Å². The average molecular weight is 401 g/mol. The molecule has 28 heavy (non-hydrogen) atoms. The van der Waals surface area contributed by atoms with Crippen LogP contribution in [0.3, 0.4) is 0 Å². The third kappa shape index (κ3) is 4.50. The maximum Gasteiger partial charge on any atom is 0.255 e. The highest BCUT2D eigenvalue weighted by Crippen LogP contribution is 2.29. The van der Waals surface area contributed by atoms with Gasteiger partial charge in [-0.25, -0.2) is 8.42 Å². The molecule has 0 fully saturated rings. The lowest BCUT2D eigenvalue weighted by molar-refractivity contribution is 0.102. The maximum absolute atomic E-state index is 12.8. The summed E-state index contributed by atoms with van der Waals surface area (Å²) in [5.41, 5.74) is 1.91. The zero-order valence-electron chi connectivity index (χ0n) is 16.4. The van der Waals surface area contributed by atoms with E-state index in [1.54, 1.807) is 55.1 Å². The van der Waals surface area contributed by atoms with Crippen LogP contribution in [-0.2, 0) is 10.0 Å². The van der Waals surface area contributed by atoms with Gasteiger partial charge in [0.1, 0.15) is 0 Å². The summed E-state index contributed by atoms with van der Waals surface area (Å²) < 4.78 is 27.0. The van der Waals surface area contributed by atoms with E-state index in [4.69, 9.17) is 5.26 Å². The van der Waals surface area contributed by atoms with Gasteiger partial charge in [-0.05, 0) is 42.5 Å². The first kappa shape index (κ1) is 21.4. The third-order valence-corrected chi connectivity index (χ3v) is 6.36. The molecule has 0 aliphatic rings. The Labute approximate surface area is 166 Å². The monoisotopic (exact) mass is 400 g/mol. The summed E-state index contributed by atoms with van der Waals surface area (Å²) in [6.07, 6.45) is 0. The molecule has 1 N–H and O–H groups in total. The van der Waals surface area contributed by atoms with Crippen LogP contribution in [0.15, 0.2) is 47.4 Å². The summed E-state index contributed by atoms with van der Waals surface area (Å²) in [4.78, 5) is 14.5. The van der Waals surface area contributed by atoms with Crippen LogP contribution in [-0.4, -0.2) is 45.8 Å². The molecule has 0 saturated carbocycles. The van der Waals surface area contributed by atoms with Crippen molar-refractivity contribution in [2.45, 2.75) is 18.7 Å². The van der Waals surface area contributed by atoms with Gasteiger partial charge in [-0.1, -0.05) is 13.8 Å². The van der Waals surface area contributed by atoms with Gasteiger partial charge < -0.3 is 10.2 Å². The summed E-state index contributed by atoms with van der Waals surface area (Å²) in [6, 6.07) is 12.9. The van der Waals surface area contributed by atoms with Gasteiger partial charge in [-0.3, -0.25) is 4.79 Å². The van der Waals surface area contributed by atoms with E-state index in [0.717, 1.165) is 0 Å². The minimum atomic E-state index is -3.65. The van der Waals surface area contributed by atoms with Crippen molar-refractivity contribution in [3.05, 3.63) is 53.6 Å². The van der Waals surface area contributed by atoms with Crippen LogP contribution in [0.2, 0.25) is 0 Å². The zero-order valence-corrected chi connectivity index (χ0v) is 17.2. The lowest BCUT2D eigenvalue weighted by atomic mass is 10.1. The summed E-state index contributed by atoms with van der Waals surface area (Å²) in [7, 11) is -0.0266. The van der Waals surface area contributed by atoms with E-state index < -0.39 is 10.0 Å². The number of anilines is 2. The minimum Gasteiger partial charge on any atom is -0.376 e. The first-order valence-corrected chi connectivity index (χ1v) is 10.3. The van der Waals surface area contributed by atoms with Crippen molar-refractivity contribution in [3.63, 3.8) is 0 Å². The molecule has 148 valence electrons. The van der Waals surface area contributed by atoms with Crippen molar-refractivity contribution in [1.82, 2.24) is 4.31 Å². The molecule has 2 aromatic rings. The topological polar surface area (TPSA) is 93.5 Å². The molecular weight excluding hydrogens is 376 g/mol. The van der Waals surface area contributed by atoms with Gasteiger partial charge in [-0.15, -0.1) is 0 Å². The minimum absolute atomic E-state index is 0.122. The highest BCUT2D eigenvalue weighted by Gasteiger charge is 2.23. The Morgan fingerprint density at radius 3 is 2.18 bits per heavy atom. The number of carbonyl (C=O) groups is 1. The molecule has 0 bridgehead atoms. The number of carbonyl (C=O) groups excluding carboxylic acids is 1. The van der Waals surface area contributed by atoms with Crippen LogP contribution >= 0.6 is 0 Å². The third-order valence-electron chi connectivity index (χ3n) is 4.32. The van der Waals surface area contributed by atoms with Gasteiger partial charge in [0.15, 0.2) is 0 Å². The largest absolute Gasteiger partial charge is 0.376 e. The van der Waals surface area contributed by atoms with E-state index >= 15 is 0 Å². The fraction of sp³-hybridized carbons (Fsp3) is 0.300. The van der Waals surface area contributed by atoms with Crippen LogP contribution in [0.5, 0.6) is 0 Å². The Bertz CT molecular complexity index is 989. The lowest BCUT2D eigenvalue weighted by Gasteiger charge is -2.22. The second-order valence-corrected chi connectivity index (χ2v) is 8.24. The molecule has 0 aromatic heterocycles. The molecule has 1 amide bonds. The van der Waals surface area contributed by atoms with E-state index in [1.807, 2.05) is 20.2 Å². The number of amides is 1. The number of rotatable bonds is 7. The van der Waals surface area contributed by atoms with Crippen LogP contribution in [0.25, 0.3) is 0 Å². The molecule has 0 saturated heterocycles. The maximum atomic E-state index is 12.8. The molecular formula is C20H24N4O3S. The van der Waals surface area contributed by atoms with Gasteiger partial charge >= 0.3 is 0 Å².